The van der Waals surface area contributed by atoms with Gasteiger partial charge in [0.1, 0.15) is 5.78 Å². The minimum Gasteiger partial charge on any atom is -0.299 e. The summed E-state index contributed by atoms with van der Waals surface area (Å²) in [5.41, 5.74) is 0. The summed E-state index contributed by atoms with van der Waals surface area (Å²) < 4.78 is 0. The molecule has 0 N–H and O–H groups in total. The Balaban J connectivity index is 2.07. The van der Waals surface area contributed by atoms with E-state index >= 15 is 0 Å². The summed E-state index contributed by atoms with van der Waals surface area (Å²) in [6.07, 6.45) is 5.75. The monoisotopic (exact) mass is 152 g/mol. The van der Waals surface area contributed by atoms with Gasteiger partial charge in [-0.3, -0.25) is 4.79 Å². The van der Waals surface area contributed by atoms with E-state index in [1.54, 1.807) is 0 Å². The Morgan fingerprint density at radius 3 is 2.82 bits per heavy atom. The van der Waals surface area contributed by atoms with Crippen LogP contribution in [0.5, 0.6) is 0 Å². The first kappa shape index (κ1) is 8.51. The Bertz CT molecular complexity index is 160. The first-order valence-electron chi connectivity index (χ1n) is 4.39. The molecule has 1 heteroatoms. The smallest absolute Gasteiger partial charge is 0.136 e. The van der Waals surface area contributed by atoms with Gasteiger partial charge in [-0.25, -0.2) is 0 Å². The van der Waals surface area contributed by atoms with Crippen molar-refractivity contribution >= 4 is 5.78 Å². The van der Waals surface area contributed by atoms with Gasteiger partial charge in [-0.05, 0) is 25.2 Å². The van der Waals surface area contributed by atoms with E-state index < -0.39 is 0 Å². The van der Waals surface area contributed by atoms with Gasteiger partial charge in [-0.15, -0.1) is 6.58 Å². The van der Waals surface area contributed by atoms with Crippen molar-refractivity contribution in [1.82, 2.24) is 0 Å². The number of hydrogen-bond donors (Lipinski definition) is 0. The van der Waals surface area contributed by atoms with Crippen LogP contribution in [0.1, 0.15) is 32.6 Å². The third-order valence-corrected chi connectivity index (χ3v) is 2.35. The summed E-state index contributed by atoms with van der Waals surface area (Å²) >= 11 is 0. The fourth-order valence-corrected chi connectivity index (χ4v) is 1.38. The van der Waals surface area contributed by atoms with E-state index in [0.717, 1.165) is 25.7 Å². The van der Waals surface area contributed by atoms with Gasteiger partial charge in [-0.1, -0.05) is 13.0 Å². The van der Waals surface area contributed by atoms with Crippen LogP contribution in [0.15, 0.2) is 12.7 Å². The summed E-state index contributed by atoms with van der Waals surface area (Å²) in [7, 11) is 0. The number of ketones is 1. The van der Waals surface area contributed by atoms with Crippen molar-refractivity contribution in [2.75, 3.05) is 0 Å². The van der Waals surface area contributed by atoms with Gasteiger partial charge in [-0.2, -0.15) is 0 Å². The molecular formula is C10H16O. The number of Topliss-reactive ketones (excluding diaryl/α,β-unsaturated/α-hetero) is 1. The summed E-state index contributed by atoms with van der Waals surface area (Å²) in [6, 6.07) is 0. The maximum Gasteiger partial charge on any atom is 0.136 e. The minimum absolute atomic E-state index is 0.416. The van der Waals surface area contributed by atoms with Crippen molar-refractivity contribution in [2.45, 2.75) is 32.6 Å². The Morgan fingerprint density at radius 2 is 2.36 bits per heavy atom. The average molecular weight is 152 g/mol. The standard InChI is InChI=1S/C10H16O/c1-3-4-5-6-10(11)9-7-8(9)2/h3,8-9H,1,4-7H2,2H3. The second-order valence-corrected chi connectivity index (χ2v) is 3.47. The lowest BCUT2D eigenvalue weighted by Gasteiger charge is -1.95. The summed E-state index contributed by atoms with van der Waals surface area (Å²) in [5.74, 6) is 1.56. The Hall–Kier alpha value is -0.590. The third-order valence-electron chi connectivity index (χ3n) is 2.35. The molecule has 0 aliphatic heterocycles. The largest absolute Gasteiger partial charge is 0.299 e. The molecule has 2 atom stereocenters. The molecule has 1 nitrogen and oxygen atoms in total. The van der Waals surface area contributed by atoms with E-state index in [1.165, 1.54) is 0 Å². The third kappa shape index (κ3) is 2.49. The van der Waals surface area contributed by atoms with Crippen LogP contribution >= 0.6 is 0 Å². The predicted molar refractivity (Wildman–Crippen MR) is 46.3 cm³/mol. The van der Waals surface area contributed by atoms with Crippen molar-refractivity contribution in [3.05, 3.63) is 12.7 Å². The zero-order valence-corrected chi connectivity index (χ0v) is 7.18. The molecule has 1 aliphatic rings. The topological polar surface area (TPSA) is 17.1 Å². The molecule has 0 bridgehead atoms. The fourth-order valence-electron chi connectivity index (χ4n) is 1.38. The molecule has 11 heavy (non-hydrogen) atoms. The van der Waals surface area contributed by atoms with E-state index in [-0.39, 0.29) is 0 Å². The summed E-state index contributed by atoms with van der Waals surface area (Å²) in [6.45, 7) is 5.77. The van der Waals surface area contributed by atoms with Crippen LogP contribution in [0.3, 0.4) is 0 Å². The normalized spacial score (nSPS) is 28.1. The minimum atomic E-state index is 0.416. The molecule has 62 valence electrons. The lowest BCUT2D eigenvalue weighted by Crippen LogP contribution is -2.00. The van der Waals surface area contributed by atoms with Gasteiger partial charge in [0.05, 0.1) is 0 Å². The summed E-state index contributed by atoms with van der Waals surface area (Å²) in [4.78, 5) is 11.3. The second-order valence-electron chi connectivity index (χ2n) is 3.47. The Morgan fingerprint density at radius 1 is 1.73 bits per heavy atom. The number of carbonyl (C=O) groups is 1. The van der Waals surface area contributed by atoms with Gasteiger partial charge < -0.3 is 0 Å². The number of hydrogen-bond acceptors (Lipinski definition) is 1. The highest BCUT2D eigenvalue weighted by Gasteiger charge is 2.37. The number of allylic oxidation sites excluding steroid dienone is 1. The van der Waals surface area contributed by atoms with Gasteiger partial charge in [0.2, 0.25) is 0 Å². The molecule has 0 spiro atoms. The van der Waals surface area contributed by atoms with Gasteiger partial charge in [0.15, 0.2) is 0 Å². The molecule has 1 rings (SSSR count). The molecule has 2 unspecified atom stereocenters. The molecule has 0 saturated heterocycles. The highest BCUT2D eigenvalue weighted by atomic mass is 16.1. The first-order valence-corrected chi connectivity index (χ1v) is 4.39. The van der Waals surface area contributed by atoms with Crippen LogP contribution < -0.4 is 0 Å². The molecule has 0 aromatic rings. The van der Waals surface area contributed by atoms with Crippen molar-refractivity contribution < 1.29 is 4.79 Å². The lowest BCUT2D eigenvalue weighted by molar-refractivity contribution is -0.120. The lowest BCUT2D eigenvalue weighted by atomic mass is 10.1. The van der Waals surface area contributed by atoms with Crippen molar-refractivity contribution in [1.29, 1.82) is 0 Å². The molecule has 0 aromatic heterocycles. The zero-order chi connectivity index (χ0) is 8.27. The molecule has 0 amide bonds. The molecule has 1 fully saturated rings. The van der Waals surface area contributed by atoms with Gasteiger partial charge >= 0.3 is 0 Å². The highest BCUT2D eigenvalue weighted by molar-refractivity contribution is 5.83. The van der Waals surface area contributed by atoms with E-state index in [4.69, 9.17) is 0 Å². The van der Waals surface area contributed by atoms with Crippen LogP contribution in [-0.4, -0.2) is 5.78 Å². The van der Waals surface area contributed by atoms with Crippen molar-refractivity contribution in [3.8, 4) is 0 Å². The molecule has 0 heterocycles. The predicted octanol–water partition coefficient (Wildman–Crippen LogP) is 2.57. The molecule has 1 saturated carbocycles. The van der Waals surface area contributed by atoms with Crippen LogP contribution in [0.4, 0.5) is 0 Å². The average Bonchev–Trinajstić information content (AvgIpc) is 2.67. The van der Waals surface area contributed by atoms with Crippen molar-refractivity contribution in [2.24, 2.45) is 11.8 Å². The highest BCUT2D eigenvalue weighted by Crippen LogP contribution is 2.39. The number of carbonyl (C=O) groups excluding carboxylic acids is 1. The van der Waals surface area contributed by atoms with Gasteiger partial charge in [0, 0.05) is 12.3 Å². The number of unbranched alkanes of at least 4 members (excludes halogenated alkanes) is 1. The molecule has 1 aliphatic carbocycles. The summed E-state index contributed by atoms with van der Waals surface area (Å²) in [5, 5.41) is 0. The van der Waals surface area contributed by atoms with Crippen molar-refractivity contribution in [3.63, 3.8) is 0 Å². The fraction of sp³-hybridized carbons (Fsp3) is 0.700. The van der Waals surface area contributed by atoms with E-state index in [0.29, 0.717) is 17.6 Å². The molecule has 0 radical (unpaired) electrons. The van der Waals surface area contributed by atoms with Crippen LogP contribution in [0, 0.1) is 11.8 Å². The molecule has 0 aromatic carbocycles. The van der Waals surface area contributed by atoms with E-state index in [2.05, 4.69) is 13.5 Å². The first-order chi connectivity index (χ1) is 5.25. The number of rotatable bonds is 5. The molecular weight excluding hydrogens is 136 g/mol. The quantitative estimate of drug-likeness (QED) is 0.437. The maximum atomic E-state index is 11.3. The van der Waals surface area contributed by atoms with Crippen LogP contribution in [-0.2, 0) is 4.79 Å². The van der Waals surface area contributed by atoms with E-state index in [9.17, 15) is 4.79 Å². The SMILES string of the molecule is C=CCCCC(=O)C1CC1C. The Labute approximate surface area is 68.5 Å². The van der Waals surface area contributed by atoms with Crippen LogP contribution in [0.2, 0.25) is 0 Å². The zero-order valence-electron chi connectivity index (χ0n) is 7.18. The van der Waals surface area contributed by atoms with E-state index in [1.807, 2.05) is 6.08 Å². The van der Waals surface area contributed by atoms with Gasteiger partial charge in [0.25, 0.3) is 0 Å². The maximum absolute atomic E-state index is 11.3. The Kier molecular flexibility index (Phi) is 2.86. The second kappa shape index (κ2) is 3.70. The van der Waals surface area contributed by atoms with Crippen LogP contribution in [0.25, 0.3) is 0 Å².